The molecule has 0 saturated carbocycles. The molecule has 2 aromatic heterocycles. The van der Waals surface area contributed by atoms with Gasteiger partial charge in [-0.05, 0) is 36.5 Å². The number of carbonyl (C=O) groups excluding carboxylic acids is 1. The number of aromatic nitrogens is 2. The summed E-state index contributed by atoms with van der Waals surface area (Å²) in [6.45, 7) is 2.32. The summed E-state index contributed by atoms with van der Waals surface area (Å²) in [7, 11) is 1.56. The highest BCUT2D eigenvalue weighted by atomic mass is 32.1. The van der Waals surface area contributed by atoms with Gasteiger partial charge in [0.15, 0.2) is 0 Å². The molecule has 2 aliphatic rings. The lowest BCUT2D eigenvalue weighted by atomic mass is 10.2. The van der Waals surface area contributed by atoms with Crippen molar-refractivity contribution in [3.63, 3.8) is 0 Å². The average Bonchev–Trinajstić information content (AvgIpc) is 3.20. The van der Waals surface area contributed by atoms with E-state index < -0.39 is 0 Å². The Hall–Kier alpha value is -2.15. The molecule has 2 aromatic rings. The number of nitrogens with zero attached hydrogens (tertiary/aromatic N) is 4. The number of pyridine rings is 1. The number of fused-ring (bicyclic) bond motifs is 3. The van der Waals surface area contributed by atoms with Gasteiger partial charge in [0.25, 0.3) is 5.91 Å². The van der Waals surface area contributed by atoms with Crippen LogP contribution in [0.4, 0.5) is 5.69 Å². The van der Waals surface area contributed by atoms with Crippen LogP contribution in [0.25, 0.3) is 0 Å². The van der Waals surface area contributed by atoms with Crippen molar-refractivity contribution in [2.45, 2.75) is 25.4 Å². The largest absolute Gasteiger partial charge is 0.480 e. The first kappa shape index (κ1) is 14.4. The van der Waals surface area contributed by atoms with Gasteiger partial charge in [0.05, 0.1) is 25.0 Å². The lowest BCUT2D eigenvalue weighted by molar-refractivity contribution is 0.0741. The van der Waals surface area contributed by atoms with Crippen LogP contribution in [0.5, 0.6) is 5.88 Å². The number of hydrogen-bond donors (Lipinski definition) is 0. The zero-order valence-electron chi connectivity index (χ0n) is 12.9. The number of hydrogen-bond acceptors (Lipinski definition) is 6. The van der Waals surface area contributed by atoms with Gasteiger partial charge in [-0.3, -0.25) is 9.78 Å². The molecular formula is C16H18N4O2S. The third-order valence-corrected chi connectivity index (χ3v) is 5.28. The molecule has 0 unspecified atom stereocenters. The Morgan fingerprint density at radius 1 is 1.48 bits per heavy atom. The molecule has 4 rings (SSSR count). The van der Waals surface area contributed by atoms with E-state index in [1.165, 1.54) is 17.2 Å². The second-order valence-corrected chi connectivity index (χ2v) is 6.68. The van der Waals surface area contributed by atoms with Gasteiger partial charge in [-0.25, -0.2) is 0 Å². The third-order valence-electron chi connectivity index (χ3n) is 4.52. The van der Waals surface area contributed by atoms with Gasteiger partial charge >= 0.3 is 0 Å². The van der Waals surface area contributed by atoms with Crippen LogP contribution in [-0.2, 0) is 6.54 Å². The summed E-state index contributed by atoms with van der Waals surface area (Å²) < 4.78 is 9.22. The predicted octanol–water partition coefficient (Wildman–Crippen LogP) is 2.17. The summed E-state index contributed by atoms with van der Waals surface area (Å²) in [5.41, 5.74) is 2.15. The molecule has 23 heavy (non-hydrogen) atoms. The number of carbonyl (C=O) groups is 1. The lowest BCUT2D eigenvalue weighted by Gasteiger charge is -2.27. The Labute approximate surface area is 138 Å². The van der Waals surface area contributed by atoms with Crippen molar-refractivity contribution in [2.24, 2.45) is 0 Å². The van der Waals surface area contributed by atoms with Crippen LogP contribution in [0.2, 0.25) is 0 Å². The van der Waals surface area contributed by atoms with Crippen LogP contribution in [0.3, 0.4) is 0 Å². The van der Waals surface area contributed by atoms with E-state index in [0.717, 1.165) is 31.6 Å². The second kappa shape index (κ2) is 5.81. The Morgan fingerprint density at radius 3 is 3.22 bits per heavy atom. The summed E-state index contributed by atoms with van der Waals surface area (Å²) >= 11 is 1.19. The average molecular weight is 330 g/mol. The van der Waals surface area contributed by atoms with Crippen molar-refractivity contribution < 1.29 is 9.53 Å². The van der Waals surface area contributed by atoms with Crippen molar-refractivity contribution in [3.05, 3.63) is 35.0 Å². The van der Waals surface area contributed by atoms with E-state index >= 15 is 0 Å². The van der Waals surface area contributed by atoms with E-state index in [1.54, 1.807) is 19.4 Å². The van der Waals surface area contributed by atoms with Crippen LogP contribution < -0.4 is 9.64 Å². The van der Waals surface area contributed by atoms with Crippen LogP contribution in [0.15, 0.2) is 24.4 Å². The maximum Gasteiger partial charge on any atom is 0.266 e. The van der Waals surface area contributed by atoms with Gasteiger partial charge in [-0.15, -0.1) is 0 Å². The fourth-order valence-electron chi connectivity index (χ4n) is 3.42. The minimum atomic E-state index is 0.0103. The van der Waals surface area contributed by atoms with Gasteiger partial charge in [0.2, 0.25) is 5.88 Å². The molecule has 120 valence electrons. The zero-order chi connectivity index (χ0) is 15.8. The maximum absolute atomic E-state index is 12.9. The SMILES string of the molecule is COc1cc(C(=O)N2Cc3ncccc3N3CCC[C@H]3C2)sn1. The van der Waals surface area contributed by atoms with Gasteiger partial charge < -0.3 is 14.5 Å². The third kappa shape index (κ3) is 2.55. The highest BCUT2D eigenvalue weighted by molar-refractivity contribution is 7.08. The Morgan fingerprint density at radius 2 is 2.39 bits per heavy atom. The van der Waals surface area contributed by atoms with Gasteiger partial charge in [0, 0.05) is 31.4 Å². The van der Waals surface area contributed by atoms with E-state index in [4.69, 9.17) is 4.74 Å². The van der Waals surface area contributed by atoms with E-state index in [0.29, 0.717) is 23.3 Å². The summed E-state index contributed by atoms with van der Waals surface area (Å²) in [6.07, 6.45) is 4.08. The van der Waals surface area contributed by atoms with E-state index in [1.807, 2.05) is 11.0 Å². The van der Waals surface area contributed by atoms with Crippen LogP contribution >= 0.6 is 11.5 Å². The number of methoxy groups -OCH3 is 1. The molecular weight excluding hydrogens is 312 g/mol. The molecule has 2 aliphatic heterocycles. The smallest absolute Gasteiger partial charge is 0.266 e. The molecule has 4 heterocycles. The normalized spacial score (nSPS) is 20.0. The Bertz CT molecular complexity index is 732. The molecule has 0 aromatic carbocycles. The minimum absolute atomic E-state index is 0.0103. The summed E-state index contributed by atoms with van der Waals surface area (Å²) in [5.74, 6) is 0.505. The topological polar surface area (TPSA) is 58.6 Å². The fraction of sp³-hybridized carbons (Fsp3) is 0.438. The quantitative estimate of drug-likeness (QED) is 0.845. The van der Waals surface area contributed by atoms with Crippen molar-refractivity contribution in [1.29, 1.82) is 0 Å². The van der Waals surface area contributed by atoms with Crippen LogP contribution in [-0.4, -0.2) is 46.4 Å². The van der Waals surface area contributed by atoms with E-state index in [-0.39, 0.29) is 5.91 Å². The number of rotatable bonds is 2. The van der Waals surface area contributed by atoms with Gasteiger partial charge in [0.1, 0.15) is 4.88 Å². The minimum Gasteiger partial charge on any atom is -0.480 e. The molecule has 1 saturated heterocycles. The van der Waals surface area contributed by atoms with Crippen LogP contribution in [0.1, 0.15) is 28.2 Å². The summed E-state index contributed by atoms with van der Waals surface area (Å²) in [5, 5.41) is 0. The maximum atomic E-state index is 12.9. The van der Waals surface area contributed by atoms with Crippen molar-refractivity contribution >= 4 is 23.1 Å². The molecule has 1 atom stereocenters. The van der Waals surface area contributed by atoms with Crippen molar-refractivity contribution in [1.82, 2.24) is 14.3 Å². The van der Waals surface area contributed by atoms with Gasteiger partial charge in [-0.1, -0.05) is 0 Å². The number of ether oxygens (including phenoxy) is 1. The van der Waals surface area contributed by atoms with E-state index in [2.05, 4.69) is 20.3 Å². The molecule has 0 bridgehead atoms. The zero-order valence-corrected chi connectivity index (χ0v) is 13.8. The molecule has 0 N–H and O–H groups in total. The fourth-order valence-corrected chi connectivity index (χ4v) is 4.10. The molecule has 0 radical (unpaired) electrons. The standard InChI is InChI=1S/C16H18N4O2S/c1-22-15-8-14(23-18-15)16(21)19-9-11-4-3-7-20(11)13-5-2-6-17-12(13)10-19/h2,5-6,8,11H,3-4,7,9-10H2,1H3/t11-/m0/s1. The first-order valence-electron chi connectivity index (χ1n) is 7.77. The molecule has 6 nitrogen and oxygen atoms in total. The number of anilines is 1. The Balaban J connectivity index is 1.66. The first-order chi connectivity index (χ1) is 11.3. The predicted molar refractivity (Wildman–Crippen MR) is 88.0 cm³/mol. The summed E-state index contributed by atoms with van der Waals surface area (Å²) in [6, 6.07) is 6.17. The molecule has 1 fully saturated rings. The first-order valence-corrected chi connectivity index (χ1v) is 8.54. The highest BCUT2D eigenvalue weighted by Crippen LogP contribution is 2.32. The Kier molecular flexibility index (Phi) is 3.65. The molecule has 1 amide bonds. The van der Waals surface area contributed by atoms with Crippen molar-refractivity contribution in [3.8, 4) is 5.88 Å². The lowest BCUT2D eigenvalue weighted by Crippen LogP contribution is -2.39. The van der Waals surface area contributed by atoms with Crippen LogP contribution in [0, 0.1) is 0 Å². The molecule has 0 spiro atoms. The molecule has 7 heteroatoms. The summed E-state index contributed by atoms with van der Waals surface area (Å²) in [4.78, 5) is 22.3. The van der Waals surface area contributed by atoms with E-state index in [9.17, 15) is 4.79 Å². The highest BCUT2D eigenvalue weighted by Gasteiger charge is 2.34. The molecule has 0 aliphatic carbocycles. The monoisotopic (exact) mass is 330 g/mol. The second-order valence-electron chi connectivity index (χ2n) is 5.88. The number of amides is 1. The van der Waals surface area contributed by atoms with Gasteiger partial charge in [-0.2, -0.15) is 4.37 Å². The van der Waals surface area contributed by atoms with Crippen molar-refractivity contribution in [2.75, 3.05) is 25.1 Å².